The molecule has 0 aromatic rings. The van der Waals surface area contributed by atoms with Gasteiger partial charge in [-0.3, -0.25) is 0 Å². The normalized spacial score (nSPS) is 17.4. The molecule has 0 amide bonds. The molecule has 14 heavy (non-hydrogen) atoms. The average molecular weight is 398 g/mol. The van der Waals surface area contributed by atoms with Crippen molar-refractivity contribution in [2.45, 2.75) is 44.9 Å². The third-order valence-corrected chi connectivity index (χ3v) is 3.04. The van der Waals surface area contributed by atoms with Crippen molar-refractivity contribution >= 4 is 0 Å². The van der Waals surface area contributed by atoms with E-state index in [-0.39, 0.29) is 73.5 Å². The Labute approximate surface area is 148 Å². The molecule has 1 rings (SSSR count). The molecule has 1 radical (unpaired) electrons. The zero-order valence-corrected chi connectivity index (χ0v) is 15.2. The fraction of sp³-hybridized carbons (Fsp3) is 0.750. The first-order chi connectivity index (χ1) is 5.86. The van der Waals surface area contributed by atoms with Crippen molar-refractivity contribution in [2.24, 2.45) is 11.8 Å². The maximum absolute atomic E-state index is 3.97. The molecule has 1 fully saturated rings. The minimum atomic E-state index is 0. The Bertz CT molecular complexity index is 107. The van der Waals surface area contributed by atoms with Crippen LogP contribution in [0.2, 0.25) is 0 Å². The van der Waals surface area contributed by atoms with Gasteiger partial charge >= 0.3 is 0 Å². The molecular weight excluding hydrogens is 377 g/mol. The zero-order chi connectivity index (χ0) is 8.81. The molecular formula is C12H21NdY-3. The van der Waals surface area contributed by atoms with Gasteiger partial charge in [-0.1, -0.05) is 25.2 Å². The summed E-state index contributed by atoms with van der Waals surface area (Å²) in [4.78, 5) is 0. The number of hydrogen-bond acceptors (Lipinski definition) is 0. The smallest absolute Gasteiger partial charge is 0 e. The molecule has 0 spiro atoms. The third-order valence-electron chi connectivity index (χ3n) is 3.04. The van der Waals surface area contributed by atoms with Gasteiger partial charge in [-0.05, 0) is 5.92 Å². The first kappa shape index (κ1) is 18.8. The fourth-order valence-corrected chi connectivity index (χ4v) is 2.08. The van der Waals surface area contributed by atoms with E-state index in [1.165, 1.54) is 32.1 Å². The summed E-state index contributed by atoms with van der Waals surface area (Å²) < 4.78 is 0. The molecule has 0 nitrogen and oxygen atoms in total. The van der Waals surface area contributed by atoms with E-state index in [2.05, 4.69) is 20.3 Å². The minimum absolute atomic E-state index is 0. The van der Waals surface area contributed by atoms with E-state index < -0.39 is 0 Å². The van der Waals surface area contributed by atoms with Gasteiger partial charge < -0.3 is 20.3 Å². The van der Waals surface area contributed by atoms with Crippen LogP contribution in [0.3, 0.4) is 0 Å². The van der Waals surface area contributed by atoms with Crippen molar-refractivity contribution in [1.82, 2.24) is 0 Å². The summed E-state index contributed by atoms with van der Waals surface area (Å²) in [5.41, 5.74) is 0. The van der Waals surface area contributed by atoms with Crippen LogP contribution in [0.1, 0.15) is 44.9 Å². The van der Waals surface area contributed by atoms with E-state index >= 15 is 0 Å². The van der Waals surface area contributed by atoms with Crippen LogP contribution in [0.4, 0.5) is 0 Å². The van der Waals surface area contributed by atoms with Crippen LogP contribution >= 0.6 is 0 Å². The zero-order valence-electron chi connectivity index (χ0n) is 9.17. The molecule has 79 valence electrons. The van der Waals surface area contributed by atoms with Gasteiger partial charge in [0.1, 0.15) is 0 Å². The molecule has 0 heterocycles. The average Bonchev–Trinajstić information content (AvgIpc) is 2.16. The van der Waals surface area contributed by atoms with Crippen molar-refractivity contribution in [3.05, 3.63) is 20.3 Å². The van der Waals surface area contributed by atoms with Crippen molar-refractivity contribution in [2.75, 3.05) is 0 Å². The molecule has 0 aromatic heterocycles. The van der Waals surface area contributed by atoms with Crippen LogP contribution in [0.15, 0.2) is 0 Å². The molecule has 0 aromatic carbocycles. The summed E-state index contributed by atoms with van der Waals surface area (Å²) in [5, 5.41) is 0. The van der Waals surface area contributed by atoms with Crippen LogP contribution in [-0.4, -0.2) is 0 Å². The van der Waals surface area contributed by atoms with Crippen LogP contribution in [0, 0.1) is 72.9 Å². The Hall–Kier alpha value is 2.45. The molecule has 2 heteroatoms. The summed E-state index contributed by atoms with van der Waals surface area (Å²) in [7, 11) is 0. The van der Waals surface area contributed by atoms with Crippen molar-refractivity contribution in [3.8, 4) is 0 Å². The maximum atomic E-state index is 3.97. The van der Waals surface area contributed by atoms with Gasteiger partial charge in [0.25, 0.3) is 0 Å². The predicted octanol–water partition coefficient (Wildman–Crippen LogP) is 3.83. The molecule has 1 aliphatic rings. The Morgan fingerprint density at radius 3 is 2.07 bits per heavy atom. The second-order valence-corrected chi connectivity index (χ2v) is 3.99. The standard InChI is InChI=1S/C12H21.Nd.Y/c1-3-11(4-2)10-12-8-6-5-7-9-12;;/h5,11-12H,1-4,6-10H2;;/q-3;;. The number of hydrogen-bond donors (Lipinski definition) is 0. The topological polar surface area (TPSA) is 0 Å². The summed E-state index contributed by atoms with van der Waals surface area (Å²) in [6.07, 6.45) is 11.5. The van der Waals surface area contributed by atoms with Gasteiger partial charge in [0.2, 0.25) is 0 Å². The summed E-state index contributed by atoms with van der Waals surface area (Å²) >= 11 is 0. The van der Waals surface area contributed by atoms with Gasteiger partial charge in [-0.25, -0.2) is 0 Å². The van der Waals surface area contributed by atoms with Crippen LogP contribution < -0.4 is 0 Å². The Morgan fingerprint density at radius 1 is 1.14 bits per heavy atom. The van der Waals surface area contributed by atoms with Gasteiger partial charge in [-0.15, -0.1) is 0 Å². The Kier molecular flexibility index (Phi) is 16.0. The van der Waals surface area contributed by atoms with E-state index in [4.69, 9.17) is 0 Å². The molecule has 0 aliphatic heterocycles. The van der Waals surface area contributed by atoms with E-state index in [1.807, 2.05) is 0 Å². The minimum Gasteiger partial charge on any atom is -0.343 e. The van der Waals surface area contributed by atoms with E-state index in [0.29, 0.717) is 0 Å². The van der Waals surface area contributed by atoms with Crippen LogP contribution in [-0.2, 0) is 32.7 Å². The van der Waals surface area contributed by atoms with Crippen molar-refractivity contribution in [1.29, 1.82) is 0 Å². The molecule has 0 N–H and O–H groups in total. The summed E-state index contributed by atoms with van der Waals surface area (Å²) in [5.74, 6) is 1.76. The second kappa shape index (κ2) is 11.9. The summed E-state index contributed by atoms with van der Waals surface area (Å²) in [6.45, 7) is 7.95. The first-order valence-electron chi connectivity index (χ1n) is 5.27. The predicted molar refractivity (Wildman–Crippen MR) is 54.3 cm³/mol. The van der Waals surface area contributed by atoms with E-state index in [9.17, 15) is 0 Å². The Morgan fingerprint density at radius 2 is 1.64 bits per heavy atom. The van der Waals surface area contributed by atoms with Gasteiger partial charge in [0, 0.05) is 73.5 Å². The SMILES string of the molecule is [CH2-]CC(C[CH2-])CC1CC[CH-]CC1.[Nd].[Y]. The number of rotatable bonds is 4. The molecule has 0 unspecified atom stereocenters. The molecule has 0 bridgehead atoms. The monoisotopic (exact) mass is 396 g/mol. The quantitative estimate of drug-likeness (QED) is 0.632. The van der Waals surface area contributed by atoms with Crippen molar-refractivity contribution in [3.63, 3.8) is 0 Å². The molecule has 1 saturated carbocycles. The largest absolute Gasteiger partial charge is 0.343 e. The van der Waals surface area contributed by atoms with Crippen LogP contribution in [0.5, 0.6) is 0 Å². The van der Waals surface area contributed by atoms with E-state index in [0.717, 1.165) is 24.7 Å². The fourth-order valence-electron chi connectivity index (χ4n) is 2.08. The molecule has 1 aliphatic carbocycles. The van der Waals surface area contributed by atoms with Gasteiger partial charge in [-0.2, -0.15) is 25.7 Å². The van der Waals surface area contributed by atoms with Gasteiger partial charge in [0.05, 0.1) is 0 Å². The Balaban J connectivity index is 0. The third kappa shape index (κ3) is 7.68. The van der Waals surface area contributed by atoms with Gasteiger partial charge in [0.15, 0.2) is 0 Å². The molecule has 0 saturated heterocycles. The van der Waals surface area contributed by atoms with Crippen LogP contribution in [0.25, 0.3) is 0 Å². The summed E-state index contributed by atoms with van der Waals surface area (Å²) in [6, 6.07) is 0. The van der Waals surface area contributed by atoms with Crippen molar-refractivity contribution < 1.29 is 73.5 Å². The maximum Gasteiger partial charge on any atom is 0 e. The second-order valence-electron chi connectivity index (χ2n) is 3.99. The van der Waals surface area contributed by atoms with E-state index in [1.54, 1.807) is 0 Å². The molecule has 0 atom stereocenters. The first-order valence-corrected chi connectivity index (χ1v) is 5.27.